The third-order valence-electron chi connectivity index (χ3n) is 2.08. The minimum atomic E-state index is -0.377. The maximum absolute atomic E-state index is 12.6. The van der Waals surface area contributed by atoms with Crippen LogP contribution in [0.4, 0.5) is 10.1 Å². The van der Waals surface area contributed by atoms with Crippen LogP contribution in [0.25, 0.3) is 0 Å². The van der Waals surface area contributed by atoms with E-state index in [9.17, 15) is 14.0 Å². The smallest absolute Gasteiger partial charge is 0.243 e. The van der Waals surface area contributed by atoms with Crippen molar-refractivity contribution in [3.8, 4) is 0 Å². The first-order chi connectivity index (χ1) is 8.47. The molecule has 0 aliphatic carbocycles. The summed E-state index contributed by atoms with van der Waals surface area (Å²) in [6, 6.07) is 5.12. The zero-order chi connectivity index (χ0) is 13.5. The van der Waals surface area contributed by atoms with E-state index in [1.807, 2.05) is 0 Å². The number of nitrogens with two attached hydrogens (primary N) is 1. The minimum absolute atomic E-state index is 0. The number of anilines is 1. The molecule has 0 saturated heterocycles. The number of benzene rings is 1. The molecule has 1 aromatic rings. The van der Waals surface area contributed by atoms with Crippen molar-refractivity contribution in [2.75, 3.05) is 11.9 Å². The van der Waals surface area contributed by atoms with Gasteiger partial charge >= 0.3 is 0 Å². The van der Waals surface area contributed by atoms with Crippen molar-refractivity contribution in [1.29, 1.82) is 0 Å². The lowest BCUT2D eigenvalue weighted by atomic mass is 10.2. The summed E-state index contributed by atoms with van der Waals surface area (Å²) in [7, 11) is 0. The van der Waals surface area contributed by atoms with Crippen molar-refractivity contribution < 1.29 is 14.0 Å². The van der Waals surface area contributed by atoms with Gasteiger partial charge in [0, 0.05) is 18.2 Å². The van der Waals surface area contributed by atoms with Crippen molar-refractivity contribution in [3.63, 3.8) is 0 Å². The third-order valence-corrected chi connectivity index (χ3v) is 2.08. The van der Waals surface area contributed by atoms with E-state index < -0.39 is 0 Å². The van der Waals surface area contributed by atoms with E-state index in [2.05, 4.69) is 10.6 Å². The monoisotopic (exact) mass is 289 g/mol. The van der Waals surface area contributed by atoms with Gasteiger partial charge in [-0.25, -0.2) is 4.39 Å². The van der Waals surface area contributed by atoms with Gasteiger partial charge in [-0.1, -0.05) is 0 Å². The predicted molar refractivity (Wildman–Crippen MR) is 73.6 cm³/mol. The van der Waals surface area contributed by atoms with E-state index in [1.54, 1.807) is 6.92 Å². The maximum Gasteiger partial charge on any atom is 0.243 e. The number of amides is 2. The fraction of sp³-hybridized carbons (Fsp3) is 0.333. The summed E-state index contributed by atoms with van der Waals surface area (Å²) in [5, 5.41) is 4.97. The molecule has 4 N–H and O–H groups in total. The molecule has 0 bridgehead atoms. The molecular weight excluding hydrogens is 273 g/mol. The summed E-state index contributed by atoms with van der Waals surface area (Å²) < 4.78 is 12.6. The summed E-state index contributed by atoms with van der Waals surface area (Å²) in [4.78, 5) is 22.7. The Morgan fingerprint density at radius 3 is 2.37 bits per heavy atom. The number of nitrogens with one attached hydrogen (secondary N) is 2. The largest absolute Gasteiger partial charge is 0.347 e. The molecule has 0 fully saturated rings. The number of halogens is 2. The first-order valence-corrected chi connectivity index (χ1v) is 5.55. The molecule has 0 spiro atoms. The molecular formula is C12H17ClFN3O2. The van der Waals surface area contributed by atoms with E-state index >= 15 is 0 Å². The Balaban J connectivity index is 0.00000324. The van der Waals surface area contributed by atoms with Crippen molar-refractivity contribution in [3.05, 3.63) is 30.1 Å². The van der Waals surface area contributed by atoms with E-state index in [0.29, 0.717) is 5.69 Å². The van der Waals surface area contributed by atoms with E-state index in [1.165, 1.54) is 24.3 Å². The van der Waals surface area contributed by atoms with Gasteiger partial charge in [-0.05, 0) is 31.2 Å². The molecule has 0 radical (unpaired) electrons. The summed E-state index contributed by atoms with van der Waals surface area (Å²) >= 11 is 0. The fourth-order valence-corrected chi connectivity index (χ4v) is 1.28. The molecule has 1 atom stereocenters. The van der Waals surface area contributed by atoms with Crippen molar-refractivity contribution in [2.45, 2.75) is 19.4 Å². The molecule has 1 unspecified atom stereocenters. The highest BCUT2D eigenvalue weighted by molar-refractivity contribution is 5.94. The predicted octanol–water partition coefficient (Wildman–Crippen LogP) is 1.04. The van der Waals surface area contributed by atoms with Crippen LogP contribution in [0.1, 0.15) is 13.3 Å². The third kappa shape index (κ3) is 7.38. The molecule has 2 amide bonds. The van der Waals surface area contributed by atoms with Crippen LogP contribution in [0.3, 0.4) is 0 Å². The molecule has 1 rings (SSSR count). The summed E-state index contributed by atoms with van der Waals surface area (Å²) in [6.45, 7) is 1.57. The van der Waals surface area contributed by atoms with Gasteiger partial charge in [-0.3, -0.25) is 9.59 Å². The SMILES string of the molecule is CC(N)CC(=O)NCC(=O)Nc1ccc(F)cc1.Cl. The average Bonchev–Trinajstić information content (AvgIpc) is 2.29. The number of rotatable bonds is 5. The van der Waals surface area contributed by atoms with Gasteiger partial charge in [0.15, 0.2) is 0 Å². The molecule has 0 saturated carbocycles. The van der Waals surface area contributed by atoms with Crippen LogP contribution in [0.5, 0.6) is 0 Å². The molecule has 106 valence electrons. The minimum Gasteiger partial charge on any atom is -0.347 e. The van der Waals surface area contributed by atoms with Crippen molar-refractivity contribution in [1.82, 2.24) is 5.32 Å². The van der Waals surface area contributed by atoms with E-state index in [-0.39, 0.29) is 49.0 Å². The van der Waals surface area contributed by atoms with Crippen LogP contribution in [-0.2, 0) is 9.59 Å². The van der Waals surface area contributed by atoms with Crippen LogP contribution in [0, 0.1) is 5.82 Å². The summed E-state index contributed by atoms with van der Waals surface area (Å²) in [5.74, 6) is -1.03. The Hall–Kier alpha value is -1.66. The highest BCUT2D eigenvalue weighted by Crippen LogP contribution is 2.07. The molecule has 5 nitrogen and oxygen atoms in total. The second kappa shape index (κ2) is 8.44. The van der Waals surface area contributed by atoms with E-state index in [4.69, 9.17) is 5.73 Å². The Labute approximate surface area is 117 Å². The Morgan fingerprint density at radius 1 is 1.26 bits per heavy atom. The normalized spacial score (nSPS) is 11.1. The highest BCUT2D eigenvalue weighted by atomic mass is 35.5. The fourth-order valence-electron chi connectivity index (χ4n) is 1.28. The number of hydrogen-bond acceptors (Lipinski definition) is 3. The second-order valence-corrected chi connectivity index (χ2v) is 4.01. The van der Waals surface area contributed by atoms with Gasteiger partial charge in [-0.2, -0.15) is 0 Å². The molecule has 0 heterocycles. The first kappa shape index (κ1) is 17.3. The van der Waals surface area contributed by atoms with E-state index in [0.717, 1.165) is 0 Å². The Kier molecular flexibility index (Phi) is 7.71. The molecule has 0 aliphatic heterocycles. The summed E-state index contributed by atoms with van der Waals surface area (Å²) in [5.41, 5.74) is 5.92. The average molecular weight is 290 g/mol. The van der Waals surface area contributed by atoms with Gasteiger partial charge in [0.25, 0.3) is 0 Å². The van der Waals surface area contributed by atoms with Gasteiger partial charge in [-0.15, -0.1) is 12.4 Å². The number of carbonyl (C=O) groups is 2. The standard InChI is InChI=1S/C12H16FN3O2.ClH/c1-8(14)6-11(17)15-7-12(18)16-10-4-2-9(13)3-5-10;/h2-5,8H,6-7,14H2,1H3,(H,15,17)(H,16,18);1H. The van der Waals surface area contributed by atoms with Gasteiger partial charge in [0.05, 0.1) is 6.54 Å². The van der Waals surface area contributed by atoms with Crippen molar-refractivity contribution >= 4 is 29.9 Å². The van der Waals surface area contributed by atoms with Gasteiger partial charge in [0.1, 0.15) is 5.82 Å². The highest BCUT2D eigenvalue weighted by Gasteiger charge is 2.07. The lowest BCUT2D eigenvalue weighted by Crippen LogP contribution is -2.35. The first-order valence-electron chi connectivity index (χ1n) is 5.55. The van der Waals surface area contributed by atoms with Crippen LogP contribution >= 0.6 is 12.4 Å². The zero-order valence-electron chi connectivity index (χ0n) is 10.5. The quantitative estimate of drug-likeness (QED) is 0.757. The maximum atomic E-state index is 12.6. The Morgan fingerprint density at radius 2 is 1.84 bits per heavy atom. The zero-order valence-corrected chi connectivity index (χ0v) is 11.3. The molecule has 0 aromatic heterocycles. The van der Waals surface area contributed by atoms with Gasteiger partial charge < -0.3 is 16.4 Å². The molecule has 19 heavy (non-hydrogen) atoms. The van der Waals surface area contributed by atoms with Crippen LogP contribution < -0.4 is 16.4 Å². The van der Waals surface area contributed by atoms with Crippen LogP contribution in [-0.4, -0.2) is 24.4 Å². The van der Waals surface area contributed by atoms with Crippen LogP contribution in [0.15, 0.2) is 24.3 Å². The summed E-state index contributed by atoms with van der Waals surface area (Å²) in [6.07, 6.45) is 0.170. The van der Waals surface area contributed by atoms with Crippen LogP contribution in [0.2, 0.25) is 0 Å². The lowest BCUT2D eigenvalue weighted by molar-refractivity contribution is -0.124. The molecule has 7 heteroatoms. The Bertz CT molecular complexity index is 423. The van der Waals surface area contributed by atoms with Gasteiger partial charge in [0.2, 0.25) is 11.8 Å². The molecule has 1 aromatic carbocycles. The number of hydrogen-bond donors (Lipinski definition) is 3. The van der Waals surface area contributed by atoms with Crippen molar-refractivity contribution in [2.24, 2.45) is 5.73 Å². The molecule has 0 aliphatic rings. The topological polar surface area (TPSA) is 84.2 Å². The lowest BCUT2D eigenvalue weighted by Gasteiger charge is -2.08. The second-order valence-electron chi connectivity index (χ2n) is 4.01. The number of carbonyl (C=O) groups excluding carboxylic acids is 2.